The molecule has 1 amide bonds. The molecule has 0 aliphatic rings. The zero-order chi connectivity index (χ0) is 20.7. The zero-order valence-electron chi connectivity index (χ0n) is 15.4. The number of halogens is 1. The summed E-state index contributed by atoms with van der Waals surface area (Å²) in [6.45, 7) is 1.69. The van der Waals surface area contributed by atoms with Gasteiger partial charge in [-0.05, 0) is 25.1 Å². The largest absolute Gasteiger partial charge is 0.451 e. The fraction of sp³-hybridized carbons (Fsp3) is 0.222. The van der Waals surface area contributed by atoms with Gasteiger partial charge >= 0.3 is 6.09 Å². The number of carbonyl (C=O) groups excluding carboxylic acids is 1. The minimum absolute atomic E-state index is 0.0125. The lowest BCUT2D eigenvalue weighted by Gasteiger charge is -2.10. The van der Waals surface area contributed by atoms with Crippen LogP contribution in [-0.2, 0) is 26.0 Å². The Morgan fingerprint density at radius 1 is 1.21 bits per heavy atom. The van der Waals surface area contributed by atoms with Gasteiger partial charge in [-0.25, -0.2) is 13.2 Å². The summed E-state index contributed by atoms with van der Waals surface area (Å²) in [5.41, 5.74) is 3.69. The van der Waals surface area contributed by atoms with Gasteiger partial charge in [-0.3, -0.25) is 0 Å². The van der Waals surface area contributed by atoms with Gasteiger partial charge in [0, 0.05) is 17.4 Å². The Morgan fingerprint density at radius 3 is 2.61 bits per heavy atom. The molecule has 0 bridgehead atoms. The van der Waals surface area contributed by atoms with Crippen LogP contribution in [0.3, 0.4) is 0 Å². The fourth-order valence-electron chi connectivity index (χ4n) is 2.18. The first-order valence-corrected chi connectivity index (χ1v) is 10.2. The maximum atomic E-state index is 11.8. The van der Waals surface area contributed by atoms with E-state index in [4.69, 9.17) is 21.3 Å². The third-order valence-corrected chi connectivity index (χ3v) is 5.08. The van der Waals surface area contributed by atoms with Crippen LogP contribution in [0.4, 0.5) is 4.79 Å². The van der Waals surface area contributed by atoms with E-state index < -0.39 is 15.9 Å². The second kappa shape index (κ2) is 9.43. The van der Waals surface area contributed by atoms with E-state index in [0.29, 0.717) is 16.8 Å². The lowest BCUT2D eigenvalue weighted by Crippen LogP contribution is -2.26. The molecule has 150 valence electrons. The van der Waals surface area contributed by atoms with Crippen LogP contribution in [0.1, 0.15) is 18.1 Å². The van der Waals surface area contributed by atoms with Gasteiger partial charge in [0.05, 0.1) is 22.7 Å². The molecule has 0 heterocycles. The number of amides is 1. The van der Waals surface area contributed by atoms with Crippen molar-refractivity contribution >= 4 is 33.2 Å². The molecule has 0 unspecified atom stereocenters. The first-order valence-electron chi connectivity index (χ1n) is 7.97. The average Bonchev–Trinajstić information content (AvgIpc) is 2.66. The third kappa shape index (κ3) is 5.86. The second-order valence-electron chi connectivity index (χ2n) is 5.67. The zero-order valence-corrected chi connectivity index (χ0v) is 17.0. The molecule has 0 aromatic heterocycles. The van der Waals surface area contributed by atoms with Crippen molar-refractivity contribution in [3.63, 3.8) is 0 Å². The van der Waals surface area contributed by atoms with Gasteiger partial charge in [0.25, 0.3) is 0 Å². The van der Waals surface area contributed by atoms with Gasteiger partial charge in [-0.1, -0.05) is 41.0 Å². The molecular formula is C18H19ClN2O6S. The Labute approximate surface area is 167 Å². The molecule has 0 fully saturated rings. The number of carbonyl (C=O) groups is 1. The predicted octanol–water partition coefficient (Wildman–Crippen LogP) is 3.33. The van der Waals surface area contributed by atoms with Gasteiger partial charge in [0.1, 0.15) is 6.61 Å². The van der Waals surface area contributed by atoms with Crippen LogP contribution in [0.25, 0.3) is 0 Å². The monoisotopic (exact) mass is 426 g/mol. The van der Waals surface area contributed by atoms with Crippen LogP contribution in [0.15, 0.2) is 52.5 Å². The predicted molar refractivity (Wildman–Crippen MR) is 104 cm³/mol. The van der Waals surface area contributed by atoms with Crippen LogP contribution >= 0.6 is 11.6 Å². The minimum atomic E-state index is -3.37. The fourth-order valence-corrected chi connectivity index (χ4v) is 3.27. The SMILES string of the molecule is COC(=O)NOc1cc(C(C)=NOCc2ccccc2S(C)(=O)=O)ccc1Cl. The van der Waals surface area contributed by atoms with Crippen molar-refractivity contribution in [1.82, 2.24) is 5.48 Å². The number of nitrogens with one attached hydrogen (secondary N) is 1. The summed E-state index contributed by atoms with van der Waals surface area (Å²) in [6, 6.07) is 11.4. The average molecular weight is 427 g/mol. The maximum absolute atomic E-state index is 11.8. The van der Waals surface area contributed by atoms with Crippen molar-refractivity contribution in [2.75, 3.05) is 13.4 Å². The molecule has 0 aliphatic carbocycles. The van der Waals surface area contributed by atoms with Crippen LogP contribution in [0.2, 0.25) is 5.02 Å². The molecule has 2 aromatic rings. The molecule has 0 radical (unpaired) electrons. The van der Waals surface area contributed by atoms with Gasteiger partial charge < -0.3 is 14.4 Å². The van der Waals surface area contributed by atoms with Crippen LogP contribution in [0.5, 0.6) is 5.75 Å². The van der Waals surface area contributed by atoms with E-state index in [9.17, 15) is 13.2 Å². The molecule has 0 saturated carbocycles. The van der Waals surface area contributed by atoms with E-state index in [1.807, 2.05) is 0 Å². The highest BCUT2D eigenvalue weighted by Crippen LogP contribution is 2.25. The molecule has 0 atom stereocenters. The first kappa shape index (κ1) is 21.5. The normalized spacial score (nSPS) is 11.6. The number of hydroxylamine groups is 1. The number of hydrogen-bond acceptors (Lipinski definition) is 7. The topological polar surface area (TPSA) is 103 Å². The summed E-state index contributed by atoms with van der Waals surface area (Å²) in [5, 5.41) is 4.28. The van der Waals surface area contributed by atoms with E-state index in [-0.39, 0.29) is 22.3 Å². The molecule has 0 saturated heterocycles. The number of oxime groups is 1. The van der Waals surface area contributed by atoms with Crippen molar-refractivity contribution in [3.8, 4) is 5.75 Å². The van der Waals surface area contributed by atoms with E-state index in [2.05, 4.69) is 15.4 Å². The Balaban J connectivity index is 2.11. The van der Waals surface area contributed by atoms with E-state index in [1.54, 1.807) is 43.3 Å². The summed E-state index contributed by atoms with van der Waals surface area (Å²) >= 11 is 6.03. The van der Waals surface area contributed by atoms with Gasteiger partial charge in [0.2, 0.25) is 0 Å². The maximum Gasteiger partial charge on any atom is 0.440 e. The molecule has 10 heteroatoms. The Morgan fingerprint density at radius 2 is 1.93 bits per heavy atom. The van der Waals surface area contributed by atoms with Crippen molar-refractivity contribution in [2.24, 2.45) is 5.16 Å². The van der Waals surface area contributed by atoms with Crippen molar-refractivity contribution in [1.29, 1.82) is 0 Å². The molecule has 2 rings (SSSR count). The summed E-state index contributed by atoms with van der Waals surface area (Å²) in [6.07, 6.45) is 0.359. The number of nitrogens with zero attached hydrogens (tertiary/aromatic N) is 1. The Kier molecular flexibility index (Phi) is 7.24. The summed E-state index contributed by atoms with van der Waals surface area (Å²) in [4.78, 5) is 21.7. The second-order valence-corrected chi connectivity index (χ2v) is 8.06. The Hall–Kier alpha value is -2.78. The molecular weight excluding hydrogens is 408 g/mol. The lowest BCUT2D eigenvalue weighted by atomic mass is 10.1. The minimum Gasteiger partial charge on any atom is -0.451 e. The summed E-state index contributed by atoms with van der Waals surface area (Å²) in [5.74, 6) is 0.196. The van der Waals surface area contributed by atoms with E-state index >= 15 is 0 Å². The highest BCUT2D eigenvalue weighted by atomic mass is 35.5. The Bertz CT molecular complexity index is 991. The molecule has 28 heavy (non-hydrogen) atoms. The van der Waals surface area contributed by atoms with Crippen LogP contribution in [0, 0.1) is 0 Å². The van der Waals surface area contributed by atoms with Crippen molar-refractivity contribution < 1.29 is 27.6 Å². The third-order valence-electron chi connectivity index (χ3n) is 3.57. The van der Waals surface area contributed by atoms with Crippen LogP contribution in [-0.4, -0.2) is 33.6 Å². The van der Waals surface area contributed by atoms with Gasteiger partial charge in [0.15, 0.2) is 15.6 Å². The molecule has 2 aromatic carbocycles. The number of benzene rings is 2. The molecule has 0 spiro atoms. The van der Waals surface area contributed by atoms with Crippen LogP contribution < -0.4 is 10.3 Å². The van der Waals surface area contributed by atoms with Crippen molar-refractivity contribution in [3.05, 3.63) is 58.6 Å². The van der Waals surface area contributed by atoms with E-state index in [0.717, 1.165) is 6.26 Å². The molecule has 0 aliphatic heterocycles. The quantitative estimate of drug-likeness (QED) is 0.538. The molecule has 8 nitrogen and oxygen atoms in total. The standard InChI is InChI=1S/C18H19ClN2O6S/c1-12(13-8-9-15(19)16(10-13)27-21-18(22)25-2)20-26-11-14-6-4-5-7-17(14)28(3,23)24/h4-10H,11H2,1-3H3,(H,21,22). The van der Waals surface area contributed by atoms with Gasteiger partial charge in [-0.15, -0.1) is 0 Å². The van der Waals surface area contributed by atoms with Gasteiger partial charge in [-0.2, -0.15) is 5.48 Å². The number of rotatable bonds is 7. The number of ether oxygens (including phenoxy) is 1. The van der Waals surface area contributed by atoms with E-state index in [1.165, 1.54) is 13.2 Å². The number of sulfone groups is 1. The summed E-state index contributed by atoms with van der Waals surface area (Å²) in [7, 11) is -2.17. The highest BCUT2D eigenvalue weighted by molar-refractivity contribution is 7.90. The van der Waals surface area contributed by atoms with Crippen molar-refractivity contribution in [2.45, 2.75) is 18.4 Å². The lowest BCUT2D eigenvalue weighted by molar-refractivity contribution is 0.118. The number of methoxy groups -OCH3 is 1. The first-order chi connectivity index (χ1) is 13.2. The summed E-state index contributed by atoms with van der Waals surface area (Å²) < 4.78 is 28.0. The highest BCUT2D eigenvalue weighted by Gasteiger charge is 2.13. The smallest absolute Gasteiger partial charge is 0.440 e. The molecule has 1 N–H and O–H groups in total. The number of hydrogen-bond donors (Lipinski definition) is 1.